The van der Waals surface area contributed by atoms with Gasteiger partial charge in [0.05, 0.1) is 17.0 Å². The lowest BCUT2D eigenvalue weighted by atomic mass is 10.0. The predicted octanol–water partition coefficient (Wildman–Crippen LogP) is 2.56. The van der Waals surface area contributed by atoms with E-state index in [2.05, 4.69) is 15.3 Å². The van der Waals surface area contributed by atoms with Crippen molar-refractivity contribution in [3.63, 3.8) is 0 Å². The molecule has 8 heteroatoms. The number of hydrogen-bond donors (Lipinski definition) is 1. The lowest BCUT2D eigenvalue weighted by Crippen LogP contribution is -2.14. The normalized spacial score (nSPS) is 11.6. The molecule has 1 N–H and O–H groups in total. The average Bonchev–Trinajstić information content (AvgIpc) is 3.01. The van der Waals surface area contributed by atoms with Crippen LogP contribution in [0.2, 0.25) is 0 Å². The highest BCUT2D eigenvalue weighted by Crippen LogP contribution is 2.31. The standard InChI is InChI=1S/C17H18N4O3S/c1-4-25(23,24)21-8-6-14-15(10-19-11(2)17(14)21)13-5-7-18-16(9-13)20-12(3)22/h5-10H,4H2,1-3H3,(H,18,20,22). The van der Waals surface area contributed by atoms with E-state index in [0.29, 0.717) is 17.0 Å². The van der Waals surface area contributed by atoms with Crippen molar-refractivity contribution in [3.05, 3.63) is 42.5 Å². The second-order valence-corrected chi connectivity index (χ2v) is 7.78. The van der Waals surface area contributed by atoms with Gasteiger partial charge >= 0.3 is 0 Å². The van der Waals surface area contributed by atoms with Crippen molar-refractivity contribution < 1.29 is 13.2 Å². The van der Waals surface area contributed by atoms with Gasteiger partial charge in [-0.2, -0.15) is 0 Å². The molecule has 3 aromatic rings. The lowest BCUT2D eigenvalue weighted by molar-refractivity contribution is -0.114. The van der Waals surface area contributed by atoms with Crippen LogP contribution < -0.4 is 5.32 Å². The minimum atomic E-state index is -3.42. The van der Waals surface area contributed by atoms with E-state index in [1.54, 1.807) is 50.6 Å². The zero-order valence-electron chi connectivity index (χ0n) is 14.1. The molecule has 0 bridgehead atoms. The second kappa shape index (κ2) is 6.29. The molecular formula is C17H18N4O3S. The highest BCUT2D eigenvalue weighted by molar-refractivity contribution is 7.90. The molecule has 3 heterocycles. The second-order valence-electron chi connectivity index (χ2n) is 5.64. The molecular weight excluding hydrogens is 340 g/mol. The van der Waals surface area contributed by atoms with Gasteiger partial charge in [-0.1, -0.05) is 0 Å². The number of amides is 1. The molecule has 25 heavy (non-hydrogen) atoms. The Morgan fingerprint density at radius 2 is 2.04 bits per heavy atom. The summed E-state index contributed by atoms with van der Waals surface area (Å²) in [6, 6.07) is 5.30. The van der Waals surface area contributed by atoms with Crippen molar-refractivity contribution in [2.24, 2.45) is 0 Å². The maximum atomic E-state index is 12.3. The number of aromatic nitrogens is 3. The minimum absolute atomic E-state index is 0.00237. The van der Waals surface area contributed by atoms with Crippen LogP contribution in [0.15, 0.2) is 36.8 Å². The first-order valence-corrected chi connectivity index (χ1v) is 9.38. The number of rotatable bonds is 4. The Bertz CT molecular complexity index is 1070. The van der Waals surface area contributed by atoms with Crippen LogP contribution in [-0.2, 0) is 14.8 Å². The molecule has 0 saturated carbocycles. The van der Waals surface area contributed by atoms with Crippen molar-refractivity contribution in [3.8, 4) is 11.1 Å². The van der Waals surface area contributed by atoms with E-state index in [0.717, 1.165) is 16.5 Å². The first kappa shape index (κ1) is 17.1. The van der Waals surface area contributed by atoms with Gasteiger partial charge in [-0.15, -0.1) is 0 Å². The third kappa shape index (κ3) is 3.12. The number of hydrogen-bond acceptors (Lipinski definition) is 5. The van der Waals surface area contributed by atoms with Gasteiger partial charge in [-0.3, -0.25) is 9.78 Å². The quantitative estimate of drug-likeness (QED) is 0.773. The summed E-state index contributed by atoms with van der Waals surface area (Å²) in [4.78, 5) is 19.7. The van der Waals surface area contributed by atoms with E-state index in [4.69, 9.17) is 0 Å². The molecule has 0 saturated heterocycles. The van der Waals surface area contributed by atoms with Gasteiger partial charge in [0.2, 0.25) is 15.9 Å². The van der Waals surface area contributed by atoms with Gasteiger partial charge in [0, 0.05) is 36.5 Å². The van der Waals surface area contributed by atoms with Gasteiger partial charge in [0.25, 0.3) is 0 Å². The zero-order valence-corrected chi connectivity index (χ0v) is 15.0. The molecule has 0 aliphatic heterocycles. The van der Waals surface area contributed by atoms with Crippen LogP contribution in [0.3, 0.4) is 0 Å². The number of fused-ring (bicyclic) bond motifs is 1. The molecule has 0 aliphatic rings. The molecule has 1 amide bonds. The van der Waals surface area contributed by atoms with Crippen LogP contribution in [0.1, 0.15) is 19.5 Å². The van der Waals surface area contributed by atoms with E-state index in [9.17, 15) is 13.2 Å². The average molecular weight is 358 g/mol. The van der Waals surface area contributed by atoms with Crippen LogP contribution in [0.25, 0.3) is 22.0 Å². The first-order valence-electron chi connectivity index (χ1n) is 7.77. The maximum absolute atomic E-state index is 12.3. The van der Waals surface area contributed by atoms with Gasteiger partial charge in [0.1, 0.15) is 5.82 Å². The molecule has 0 unspecified atom stereocenters. The summed E-state index contributed by atoms with van der Waals surface area (Å²) in [5.41, 5.74) is 2.77. The van der Waals surface area contributed by atoms with Crippen LogP contribution in [-0.4, -0.2) is 34.0 Å². The SMILES string of the molecule is CCS(=O)(=O)n1ccc2c(-c3ccnc(NC(C)=O)c3)cnc(C)c21. The van der Waals surface area contributed by atoms with E-state index in [-0.39, 0.29) is 11.7 Å². The molecule has 0 fully saturated rings. The Kier molecular flexibility index (Phi) is 4.30. The zero-order chi connectivity index (χ0) is 18.2. The maximum Gasteiger partial charge on any atom is 0.238 e. The third-order valence-corrected chi connectivity index (χ3v) is 5.55. The highest BCUT2D eigenvalue weighted by Gasteiger charge is 2.18. The Labute approximate surface area is 145 Å². The number of nitrogens with zero attached hydrogens (tertiary/aromatic N) is 3. The smallest absolute Gasteiger partial charge is 0.238 e. The fourth-order valence-electron chi connectivity index (χ4n) is 2.73. The van der Waals surface area contributed by atoms with E-state index < -0.39 is 10.0 Å². The van der Waals surface area contributed by atoms with Crippen LogP contribution in [0.5, 0.6) is 0 Å². The topological polar surface area (TPSA) is 94.0 Å². The number of aryl methyl sites for hydroxylation is 1. The molecule has 0 aromatic carbocycles. The molecule has 0 spiro atoms. The first-order chi connectivity index (χ1) is 11.8. The summed E-state index contributed by atoms with van der Waals surface area (Å²) in [7, 11) is -3.42. The van der Waals surface area contributed by atoms with E-state index in [1.807, 2.05) is 0 Å². The molecule has 3 rings (SSSR count). The monoisotopic (exact) mass is 358 g/mol. The number of pyridine rings is 2. The molecule has 0 atom stereocenters. The Balaban J connectivity index is 2.23. The largest absolute Gasteiger partial charge is 0.311 e. The van der Waals surface area contributed by atoms with Crippen LogP contribution in [0, 0.1) is 6.92 Å². The Morgan fingerprint density at radius 3 is 2.72 bits per heavy atom. The lowest BCUT2D eigenvalue weighted by Gasteiger charge is -2.10. The van der Waals surface area contributed by atoms with E-state index in [1.165, 1.54) is 10.9 Å². The molecule has 0 radical (unpaired) electrons. The highest BCUT2D eigenvalue weighted by atomic mass is 32.2. The number of carbonyl (C=O) groups excluding carboxylic acids is 1. The van der Waals surface area contributed by atoms with Crippen molar-refractivity contribution in [2.45, 2.75) is 20.8 Å². The molecule has 3 aromatic heterocycles. The Morgan fingerprint density at radius 1 is 1.28 bits per heavy atom. The Hall–Kier alpha value is -2.74. The number of nitrogens with one attached hydrogen (secondary N) is 1. The van der Waals surface area contributed by atoms with Crippen molar-refractivity contribution in [2.75, 3.05) is 11.1 Å². The number of anilines is 1. The fourth-order valence-corrected chi connectivity index (χ4v) is 3.76. The fraction of sp³-hybridized carbons (Fsp3) is 0.235. The summed E-state index contributed by atoms with van der Waals surface area (Å²) in [6.45, 7) is 4.80. The van der Waals surface area contributed by atoms with Crippen molar-refractivity contribution in [1.29, 1.82) is 0 Å². The third-order valence-electron chi connectivity index (χ3n) is 3.91. The summed E-state index contributed by atoms with van der Waals surface area (Å²) in [5, 5.41) is 3.42. The summed E-state index contributed by atoms with van der Waals surface area (Å²) >= 11 is 0. The summed E-state index contributed by atoms with van der Waals surface area (Å²) in [6.07, 6.45) is 4.84. The van der Waals surface area contributed by atoms with Gasteiger partial charge in [0.15, 0.2) is 0 Å². The van der Waals surface area contributed by atoms with Crippen LogP contribution >= 0.6 is 0 Å². The molecule has 0 aliphatic carbocycles. The number of carbonyl (C=O) groups is 1. The van der Waals surface area contributed by atoms with Crippen LogP contribution in [0.4, 0.5) is 5.82 Å². The minimum Gasteiger partial charge on any atom is -0.311 e. The molecule has 7 nitrogen and oxygen atoms in total. The summed E-state index contributed by atoms with van der Waals surface area (Å²) < 4.78 is 25.9. The van der Waals surface area contributed by atoms with Gasteiger partial charge in [-0.05, 0) is 37.6 Å². The van der Waals surface area contributed by atoms with Crippen molar-refractivity contribution in [1.82, 2.24) is 13.9 Å². The van der Waals surface area contributed by atoms with Gasteiger partial charge < -0.3 is 5.32 Å². The van der Waals surface area contributed by atoms with Gasteiger partial charge in [-0.25, -0.2) is 17.4 Å². The summed E-state index contributed by atoms with van der Waals surface area (Å²) in [5.74, 6) is 0.221. The predicted molar refractivity (Wildman–Crippen MR) is 96.9 cm³/mol. The van der Waals surface area contributed by atoms with E-state index >= 15 is 0 Å². The molecule has 130 valence electrons. The van der Waals surface area contributed by atoms with Crippen molar-refractivity contribution >= 4 is 32.7 Å².